The molecule has 30 heavy (non-hydrogen) atoms. The quantitative estimate of drug-likeness (QED) is 0.599. The van der Waals surface area contributed by atoms with E-state index in [2.05, 4.69) is 15.3 Å². The minimum Gasteiger partial charge on any atom is -0.475 e. The van der Waals surface area contributed by atoms with Gasteiger partial charge in [0, 0.05) is 25.9 Å². The fourth-order valence-corrected chi connectivity index (χ4v) is 3.36. The molecule has 2 aliphatic heterocycles. The number of carbonyl (C=O) groups is 2. The van der Waals surface area contributed by atoms with Gasteiger partial charge < -0.3 is 25.2 Å². The van der Waals surface area contributed by atoms with Gasteiger partial charge in [-0.3, -0.25) is 4.79 Å². The van der Waals surface area contributed by atoms with E-state index < -0.39 is 18.0 Å². The summed E-state index contributed by atoms with van der Waals surface area (Å²) in [7, 11) is 0. The van der Waals surface area contributed by atoms with Crippen molar-refractivity contribution in [3.63, 3.8) is 0 Å². The summed E-state index contributed by atoms with van der Waals surface area (Å²) in [6, 6.07) is 0.0355. The molecule has 2 aliphatic rings. The number of hydrogen-bond acceptors (Lipinski definition) is 7. The Labute approximate surface area is 169 Å². The summed E-state index contributed by atoms with van der Waals surface area (Å²) >= 11 is 0. The zero-order valence-electron chi connectivity index (χ0n) is 15.9. The Morgan fingerprint density at radius 3 is 2.53 bits per heavy atom. The Kier molecular flexibility index (Phi) is 7.89. The Hall–Kier alpha value is -2.54. The molecule has 3 heterocycles. The second kappa shape index (κ2) is 9.98. The summed E-state index contributed by atoms with van der Waals surface area (Å²) in [5.41, 5.74) is -0.346. The van der Waals surface area contributed by atoms with Gasteiger partial charge in [-0.1, -0.05) is 0 Å². The zero-order chi connectivity index (χ0) is 22.4. The van der Waals surface area contributed by atoms with Crippen LogP contribution in [0.3, 0.4) is 0 Å². The summed E-state index contributed by atoms with van der Waals surface area (Å²) < 4.78 is 50.6. The average Bonchev–Trinajstić information content (AvgIpc) is 3.05. The predicted octanol–water partition coefficient (Wildman–Crippen LogP) is 1.19. The maximum atomic E-state index is 12.8. The fourth-order valence-electron chi connectivity index (χ4n) is 3.36. The standard InChI is InChI=1S/C15H21FN4O3.C2HF3O2/c16-11-7-17-14(18-8-11)19-12-6-15(23-9-12)3-1-4-20(10-15)13(22)2-5-21;3-2(4,5)1(6)7/h7-8,12,21H,1-6,9-10H2,(H,17,18,19);(H,6,7). The highest BCUT2D eigenvalue weighted by molar-refractivity contribution is 5.76. The van der Waals surface area contributed by atoms with Crippen LogP contribution < -0.4 is 5.32 Å². The van der Waals surface area contributed by atoms with Crippen molar-refractivity contribution in [2.45, 2.75) is 43.5 Å². The normalized spacial score (nSPS) is 23.6. The van der Waals surface area contributed by atoms with E-state index in [-0.39, 0.29) is 30.6 Å². The molecule has 0 aromatic carbocycles. The van der Waals surface area contributed by atoms with Crippen LogP contribution in [-0.4, -0.2) is 81.1 Å². The maximum Gasteiger partial charge on any atom is 0.490 e. The smallest absolute Gasteiger partial charge is 0.475 e. The molecule has 9 nitrogen and oxygen atoms in total. The van der Waals surface area contributed by atoms with Crippen LogP contribution in [0.4, 0.5) is 23.5 Å². The zero-order valence-corrected chi connectivity index (χ0v) is 15.9. The van der Waals surface area contributed by atoms with Crippen LogP contribution in [-0.2, 0) is 14.3 Å². The van der Waals surface area contributed by atoms with E-state index in [0.29, 0.717) is 25.6 Å². The van der Waals surface area contributed by atoms with Crippen LogP contribution in [0.5, 0.6) is 0 Å². The number of amides is 1. The van der Waals surface area contributed by atoms with Gasteiger partial charge in [-0.2, -0.15) is 13.2 Å². The molecular formula is C17H22F4N4O5. The topological polar surface area (TPSA) is 125 Å². The predicted molar refractivity (Wildman–Crippen MR) is 93.9 cm³/mol. The second-order valence-corrected chi connectivity index (χ2v) is 6.96. The molecule has 3 N–H and O–H groups in total. The summed E-state index contributed by atoms with van der Waals surface area (Å²) in [6.07, 6.45) is -0.152. The number of alkyl halides is 3. The van der Waals surface area contributed by atoms with Gasteiger partial charge in [-0.15, -0.1) is 0 Å². The number of carboxylic acid groups (broad SMARTS) is 1. The number of carbonyl (C=O) groups excluding carboxylic acids is 1. The van der Waals surface area contributed by atoms with Gasteiger partial charge in [0.05, 0.1) is 37.3 Å². The number of carboxylic acids is 1. The minimum absolute atomic E-state index is 0.0338. The molecule has 0 radical (unpaired) electrons. The lowest BCUT2D eigenvalue weighted by atomic mass is 9.88. The van der Waals surface area contributed by atoms with E-state index in [1.807, 2.05) is 0 Å². The van der Waals surface area contributed by atoms with Gasteiger partial charge in [0.15, 0.2) is 5.82 Å². The number of nitrogens with one attached hydrogen (secondary N) is 1. The third-order valence-corrected chi connectivity index (χ3v) is 4.62. The molecule has 1 amide bonds. The van der Waals surface area contributed by atoms with Crippen molar-refractivity contribution in [3.8, 4) is 0 Å². The number of rotatable bonds is 4. The molecule has 2 saturated heterocycles. The highest BCUT2D eigenvalue weighted by atomic mass is 19.4. The number of aliphatic hydroxyl groups excluding tert-OH is 1. The van der Waals surface area contributed by atoms with Crippen LogP contribution in [0.25, 0.3) is 0 Å². The molecule has 13 heteroatoms. The summed E-state index contributed by atoms with van der Waals surface area (Å²) in [6.45, 7) is 1.63. The first-order valence-electron chi connectivity index (χ1n) is 9.11. The van der Waals surface area contributed by atoms with Crippen LogP contribution in [0.15, 0.2) is 12.4 Å². The minimum atomic E-state index is -5.08. The van der Waals surface area contributed by atoms with Crippen LogP contribution in [0.1, 0.15) is 25.7 Å². The van der Waals surface area contributed by atoms with Gasteiger partial charge in [-0.05, 0) is 12.8 Å². The van der Waals surface area contributed by atoms with Crippen molar-refractivity contribution in [3.05, 3.63) is 18.2 Å². The van der Waals surface area contributed by atoms with E-state index in [0.717, 1.165) is 31.7 Å². The van der Waals surface area contributed by atoms with Gasteiger partial charge in [0.25, 0.3) is 0 Å². The number of aromatic nitrogens is 2. The molecule has 2 atom stereocenters. The molecule has 3 rings (SSSR count). The highest BCUT2D eigenvalue weighted by Crippen LogP contribution is 2.35. The van der Waals surface area contributed by atoms with Crippen molar-refractivity contribution in [1.82, 2.24) is 14.9 Å². The highest BCUT2D eigenvalue weighted by Gasteiger charge is 2.44. The van der Waals surface area contributed by atoms with Crippen molar-refractivity contribution >= 4 is 17.8 Å². The maximum absolute atomic E-state index is 12.8. The van der Waals surface area contributed by atoms with Gasteiger partial charge >= 0.3 is 12.1 Å². The lowest BCUT2D eigenvalue weighted by Gasteiger charge is -2.39. The van der Waals surface area contributed by atoms with E-state index >= 15 is 0 Å². The number of aliphatic carboxylic acids is 1. The number of hydrogen-bond donors (Lipinski definition) is 3. The SMILES string of the molecule is O=C(CCO)N1CCCC2(CC(Nc3ncc(F)cn3)CO2)C1.O=C(O)C(F)(F)F. The number of aliphatic hydroxyl groups is 1. The van der Waals surface area contributed by atoms with Crippen molar-refractivity contribution < 1.29 is 42.1 Å². The molecule has 2 unspecified atom stereocenters. The average molecular weight is 438 g/mol. The van der Waals surface area contributed by atoms with Crippen LogP contribution in [0.2, 0.25) is 0 Å². The Balaban J connectivity index is 0.000000396. The van der Waals surface area contributed by atoms with E-state index in [1.165, 1.54) is 0 Å². The van der Waals surface area contributed by atoms with E-state index in [4.69, 9.17) is 19.7 Å². The number of halogens is 4. The number of ether oxygens (including phenoxy) is 1. The molecule has 0 saturated carbocycles. The lowest BCUT2D eigenvalue weighted by Crippen LogP contribution is -2.50. The van der Waals surface area contributed by atoms with E-state index in [9.17, 15) is 22.4 Å². The monoisotopic (exact) mass is 438 g/mol. The first kappa shape index (κ1) is 23.7. The molecule has 0 aliphatic carbocycles. The number of anilines is 1. The largest absolute Gasteiger partial charge is 0.490 e. The second-order valence-electron chi connectivity index (χ2n) is 6.96. The molecule has 2 fully saturated rings. The summed E-state index contributed by atoms with van der Waals surface area (Å²) in [5, 5.41) is 19.2. The molecule has 1 spiro atoms. The van der Waals surface area contributed by atoms with Crippen LogP contribution in [0, 0.1) is 5.82 Å². The van der Waals surface area contributed by atoms with Gasteiger partial charge in [0.2, 0.25) is 11.9 Å². The van der Waals surface area contributed by atoms with Gasteiger partial charge in [-0.25, -0.2) is 19.2 Å². The summed E-state index contributed by atoms with van der Waals surface area (Å²) in [5.74, 6) is -2.89. The Bertz CT molecular complexity index is 734. The number of piperidine rings is 1. The van der Waals surface area contributed by atoms with Crippen molar-refractivity contribution in [2.75, 3.05) is 31.6 Å². The molecule has 0 bridgehead atoms. The summed E-state index contributed by atoms with van der Waals surface area (Å²) in [4.78, 5) is 30.4. The molecular weight excluding hydrogens is 416 g/mol. The van der Waals surface area contributed by atoms with Crippen molar-refractivity contribution in [2.24, 2.45) is 0 Å². The van der Waals surface area contributed by atoms with Crippen molar-refractivity contribution in [1.29, 1.82) is 0 Å². The third-order valence-electron chi connectivity index (χ3n) is 4.62. The first-order valence-corrected chi connectivity index (χ1v) is 9.11. The number of nitrogens with zero attached hydrogens (tertiary/aromatic N) is 3. The third kappa shape index (κ3) is 6.76. The van der Waals surface area contributed by atoms with Crippen LogP contribution >= 0.6 is 0 Å². The number of likely N-dealkylation sites (tertiary alicyclic amines) is 1. The lowest BCUT2D eigenvalue weighted by molar-refractivity contribution is -0.192. The van der Waals surface area contributed by atoms with Gasteiger partial charge in [0.1, 0.15) is 0 Å². The Morgan fingerprint density at radius 1 is 1.33 bits per heavy atom. The van der Waals surface area contributed by atoms with E-state index in [1.54, 1.807) is 4.90 Å². The molecule has 1 aromatic heterocycles. The fraction of sp³-hybridized carbons (Fsp3) is 0.647. The molecule has 168 valence electrons. The first-order chi connectivity index (χ1) is 14.0. The molecule has 1 aromatic rings. The Morgan fingerprint density at radius 2 is 1.97 bits per heavy atom.